The zero-order valence-electron chi connectivity index (χ0n) is 15.3. The zero-order valence-corrected chi connectivity index (χ0v) is 15.3. The lowest BCUT2D eigenvalue weighted by molar-refractivity contribution is -0.117. The number of anilines is 1. The van der Waals surface area contributed by atoms with Gasteiger partial charge in [-0.05, 0) is 48.4 Å². The van der Waals surface area contributed by atoms with Crippen LogP contribution in [-0.2, 0) is 4.79 Å². The van der Waals surface area contributed by atoms with E-state index in [0.29, 0.717) is 11.4 Å². The highest BCUT2D eigenvalue weighted by Gasteiger charge is 2.17. The molecule has 0 aliphatic heterocycles. The van der Waals surface area contributed by atoms with Crippen molar-refractivity contribution in [3.63, 3.8) is 0 Å². The molecule has 3 aromatic carbocycles. The molecule has 2 atom stereocenters. The molecule has 0 saturated heterocycles. The number of amides is 1. The summed E-state index contributed by atoms with van der Waals surface area (Å²) in [5.74, 6) is 0.553. The first-order valence-electron chi connectivity index (χ1n) is 8.77. The molecule has 4 heteroatoms. The van der Waals surface area contributed by atoms with Gasteiger partial charge in [0.2, 0.25) is 5.91 Å². The first-order chi connectivity index (χ1) is 12.6. The molecule has 0 spiro atoms. The van der Waals surface area contributed by atoms with E-state index in [0.717, 1.165) is 5.56 Å². The van der Waals surface area contributed by atoms with E-state index >= 15 is 0 Å². The average molecular weight is 348 g/mol. The minimum absolute atomic E-state index is 0.0537. The van der Waals surface area contributed by atoms with Gasteiger partial charge in [-0.15, -0.1) is 0 Å². The smallest absolute Gasteiger partial charge is 0.241 e. The third-order valence-electron chi connectivity index (χ3n) is 4.53. The number of fused-ring (bicyclic) bond motifs is 1. The number of carbonyl (C=O) groups is 1. The Hall–Kier alpha value is -2.85. The van der Waals surface area contributed by atoms with Crippen molar-refractivity contribution in [3.05, 3.63) is 72.3 Å². The molecule has 1 amide bonds. The number of benzene rings is 3. The Morgan fingerprint density at radius 3 is 2.38 bits per heavy atom. The predicted octanol–water partition coefficient (Wildman–Crippen LogP) is 4.53. The average Bonchev–Trinajstić information content (AvgIpc) is 2.67. The van der Waals surface area contributed by atoms with E-state index in [1.807, 2.05) is 43.3 Å². The third kappa shape index (κ3) is 4.03. The number of methoxy groups -OCH3 is 1. The molecule has 3 rings (SSSR count). The zero-order chi connectivity index (χ0) is 18.5. The fourth-order valence-corrected chi connectivity index (χ4v) is 3.01. The van der Waals surface area contributed by atoms with Crippen LogP contribution in [0.5, 0.6) is 5.75 Å². The van der Waals surface area contributed by atoms with Gasteiger partial charge in [0, 0.05) is 6.04 Å². The van der Waals surface area contributed by atoms with Crippen molar-refractivity contribution in [2.45, 2.75) is 25.9 Å². The summed E-state index contributed by atoms with van der Waals surface area (Å²) < 4.78 is 5.28. The summed E-state index contributed by atoms with van der Waals surface area (Å²) in [5.41, 5.74) is 1.83. The van der Waals surface area contributed by atoms with Crippen molar-refractivity contribution >= 4 is 22.4 Å². The SMILES string of the molecule is COc1ccccc1NC(=O)[C@@H](C)N[C@@H](C)c1ccc2ccccc2c1. The van der Waals surface area contributed by atoms with Crippen LogP contribution in [0.25, 0.3) is 10.8 Å². The molecule has 0 aliphatic carbocycles. The van der Waals surface area contributed by atoms with E-state index < -0.39 is 0 Å². The summed E-state index contributed by atoms with van der Waals surface area (Å²) in [4.78, 5) is 12.5. The molecule has 0 unspecified atom stereocenters. The van der Waals surface area contributed by atoms with Crippen molar-refractivity contribution < 1.29 is 9.53 Å². The molecule has 0 saturated carbocycles. The Balaban J connectivity index is 1.67. The third-order valence-corrected chi connectivity index (χ3v) is 4.53. The second-order valence-corrected chi connectivity index (χ2v) is 6.41. The predicted molar refractivity (Wildman–Crippen MR) is 107 cm³/mol. The van der Waals surface area contributed by atoms with Crippen LogP contribution >= 0.6 is 0 Å². The Morgan fingerprint density at radius 1 is 0.923 bits per heavy atom. The topological polar surface area (TPSA) is 50.4 Å². The van der Waals surface area contributed by atoms with Crippen LogP contribution in [0.3, 0.4) is 0 Å². The number of para-hydroxylation sites is 2. The Morgan fingerprint density at radius 2 is 1.62 bits per heavy atom. The lowest BCUT2D eigenvalue weighted by Gasteiger charge is -2.21. The molecule has 4 nitrogen and oxygen atoms in total. The summed E-state index contributed by atoms with van der Waals surface area (Å²) in [6.07, 6.45) is 0. The van der Waals surface area contributed by atoms with E-state index in [1.165, 1.54) is 10.8 Å². The highest BCUT2D eigenvalue weighted by Crippen LogP contribution is 2.24. The molecule has 0 fully saturated rings. The van der Waals surface area contributed by atoms with Crippen LogP contribution in [0.1, 0.15) is 25.5 Å². The van der Waals surface area contributed by atoms with E-state index in [1.54, 1.807) is 7.11 Å². The van der Waals surface area contributed by atoms with E-state index in [9.17, 15) is 4.79 Å². The maximum absolute atomic E-state index is 12.5. The highest BCUT2D eigenvalue weighted by atomic mass is 16.5. The van der Waals surface area contributed by atoms with Crippen molar-refractivity contribution in [1.29, 1.82) is 0 Å². The molecule has 2 N–H and O–H groups in total. The first kappa shape index (κ1) is 18.0. The van der Waals surface area contributed by atoms with Crippen LogP contribution in [-0.4, -0.2) is 19.1 Å². The maximum Gasteiger partial charge on any atom is 0.241 e. The van der Waals surface area contributed by atoms with Gasteiger partial charge in [-0.25, -0.2) is 0 Å². The van der Waals surface area contributed by atoms with Gasteiger partial charge in [0.25, 0.3) is 0 Å². The fourth-order valence-electron chi connectivity index (χ4n) is 3.01. The minimum atomic E-state index is -0.346. The Labute approximate surface area is 154 Å². The van der Waals surface area contributed by atoms with Crippen molar-refractivity contribution in [2.75, 3.05) is 12.4 Å². The number of carbonyl (C=O) groups excluding carboxylic acids is 1. The largest absolute Gasteiger partial charge is 0.495 e. The summed E-state index contributed by atoms with van der Waals surface area (Å²) in [5, 5.41) is 8.70. The molecule has 0 aromatic heterocycles. The van der Waals surface area contributed by atoms with E-state index in [-0.39, 0.29) is 18.0 Å². The molecular weight excluding hydrogens is 324 g/mol. The number of rotatable bonds is 6. The molecule has 0 aliphatic rings. The van der Waals surface area contributed by atoms with E-state index in [2.05, 4.69) is 47.9 Å². The van der Waals surface area contributed by atoms with Crippen LogP contribution in [0, 0.1) is 0 Å². The maximum atomic E-state index is 12.5. The minimum Gasteiger partial charge on any atom is -0.495 e. The Kier molecular flexibility index (Phi) is 5.54. The van der Waals surface area contributed by atoms with Crippen molar-refractivity contribution in [3.8, 4) is 5.75 Å². The van der Waals surface area contributed by atoms with Gasteiger partial charge in [0.1, 0.15) is 5.75 Å². The van der Waals surface area contributed by atoms with Gasteiger partial charge in [0.05, 0.1) is 18.8 Å². The Bertz CT molecular complexity index is 907. The summed E-state index contributed by atoms with van der Waals surface area (Å²) in [7, 11) is 1.59. The van der Waals surface area contributed by atoms with Gasteiger partial charge in [0.15, 0.2) is 0 Å². The van der Waals surface area contributed by atoms with E-state index in [4.69, 9.17) is 4.74 Å². The summed E-state index contributed by atoms with van der Waals surface area (Å²) in [6.45, 7) is 3.93. The molecule has 0 radical (unpaired) electrons. The molecule has 0 bridgehead atoms. The lowest BCUT2D eigenvalue weighted by Crippen LogP contribution is -2.39. The van der Waals surface area contributed by atoms with Crippen LogP contribution < -0.4 is 15.4 Å². The molecule has 26 heavy (non-hydrogen) atoms. The first-order valence-corrected chi connectivity index (χ1v) is 8.77. The van der Waals surface area contributed by atoms with Gasteiger partial charge in [-0.3, -0.25) is 10.1 Å². The quantitative estimate of drug-likeness (QED) is 0.688. The molecule has 0 heterocycles. The molecule has 134 valence electrons. The molecular formula is C22H24N2O2. The standard InChI is InChI=1S/C22H24N2O2/c1-15(18-13-12-17-8-4-5-9-19(17)14-18)23-16(2)22(25)24-20-10-6-7-11-21(20)26-3/h4-16,23H,1-3H3,(H,24,25)/t15-,16+/m0/s1. The van der Waals surface area contributed by atoms with Gasteiger partial charge >= 0.3 is 0 Å². The monoisotopic (exact) mass is 348 g/mol. The fraction of sp³-hybridized carbons (Fsp3) is 0.227. The van der Waals surface area contributed by atoms with Crippen LogP contribution in [0.4, 0.5) is 5.69 Å². The second kappa shape index (κ2) is 8.02. The number of hydrogen-bond acceptors (Lipinski definition) is 3. The van der Waals surface area contributed by atoms with Crippen LogP contribution in [0.15, 0.2) is 66.7 Å². The van der Waals surface area contributed by atoms with Crippen LogP contribution in [0.2, 0.25) is 0 Å². The molecule has 3 aromatic rings. The lowest BCUT2D eigenvalue weighted by atomic mass is 10.0. The van der Waals surface area contributed by atoms with Gasteiger partial charge in [-0.2, -0.15) is 0 Å². The normalized spacial score (nSPS) is 13.2. The number of nitrogens with one attached hydrogen (secondary N) is 2. The van der Waals surface area contributed by atoms with Gasteiger partial charge < -0.3 is 10.1 Å². The van der Waals surface area contributed by atoms with Crippen molar-refractivity contribution in [1.82, 2.24) is 5.32 Å². The van der Waals surface area contributed by atoms with Crippen molar-refractivity contribution in [2.24, 2.45) is 0 Å². The summed E-state index contributed by atoms with van der Waals surface area (Å²) in [6, 6.07) is 21.8. The van der Waals surface area contributed by atoms with Gasteiger partial charge in [-0.1, -0.05) is 48.5 Å². The number of ether oxygens (including phenoxy) is 1. The number of hydrogen-bond donors (Lipinski definition) is 2. The summed E-state index contributed by atoms with van der Waals surface area (Å²) >= 11 is 0. The highest BCUT2D eigenvalue weighted by molar-refractivity contribution is 5.95. The second-order valence-electron chi connectivity index (χ2n) is 6.41.